The number of hydrogen-bond donors (Lipinski definition) is 3. The molecule has 1 rings (SSSR count). The molecule has 0 spiro atoms. The zero-order chi connectivity index (χ0) is 13.7. The topological polar surface area (TPSA) is 70.6 Å². The molecule has 7 heteroatoms. The van der Waals surface area contributed by atoms with Crippen LogP contribution in [-0.4, -0.2) is 17.1 Å². The number of nitrogens with one attached hydrogen (secondary N) is 1. The molecule has 4 N–H and O–H groups in total. The van der Waals surface area contributed by atoms with Gasteiger partial charge in [-0.2, -0.15) is 0 Å². The second kappa shape index (κ2) is 6.80. The monoisotopic (exact) mass is 337 g/mol. The Morgan fingerprint density at radius 3 is 2.83 bits per heavy atom. The van der Waals surface area contributed by atoms with Gasteiger partial charge in [0.15, 0.2) is 0 Å². The number of nitrogens with zero attached hydrogens (tertiary/aromatic N) is 1. The normalized spacial score (nSPS) is 13.4. The zero-order valence-electron chi connectivity index (χ0n) is 9.75. The fourth-order valence-electron chi connectivity index (χ4n) is 1.47. The number of benzene rings is 1. The van der Waals surface area contributed by atoms with Crippen molar-refractivity contribution in [1.82, 2.24) is 0 Å². The molecule has 1 unspecified atom stereocenters. The maximum atomic E-state index is 13.1. The van der Waals surface area contributed by atoms with E-state index in [1.54, 1.807) is 0 Å². The van der Waals surface area contributed by atoms with E-state index in [1.807, 2.05) is 6.92 Å². The summed E-state index contributed by atoms with van der Waals surface area (Å²) >= 11 is 9.20. The van der Waals surface area contributed by atoms with Crippen molar-refractivity contribution >= 4 is 39.1 Å². The first-order chi connectivity index (χ1) is 8.47. The van der Waals surface area contributed by atoms with Crippen molar-refractivity contribution in [1.29, 1.82) is 0 Å². The fraction of sp³-hybridized carbons (Fsp3) is 0.364. The standard InChI is InChI=1S/C11H14BrClFN3O/c1-2-7(5-10(15)17-18)16-11-8(12)3-6(14)4-9(11)13/h3-4,7,16,18H,2,5H2,1H3,(H2,15,17). The summed E-state index contributed by atoms with van der Waals surface area (Å²) in [5, 5.41) is 14.9. The lowest BCUT2D eigenvalue weighted by Gasteiger charge is -2.19. The predicted octanol–water partition coefficient (Wildman–Crippen LogP) is 3.57. The number of anilines is 1. The first kappa shape index (κ1) is 15.0. The molecule has 0 saturated carbocycles. The number of hydrogen-bond acceptors (Lipinski definition) is 3. The van der Waals surface area contributed by atoms with Crippen LogP contribution in [0.15, 0.2) is 21.8 Å². The molecule has 18 heavy (non-hydrogen) atoms. The van der Waals surface area contributed by atoms with Crippen LogP contribution in [0.4, 0.5) is 10.1 Å². The smallest absolute Gasteiger partial charge is 0.141 e. The van der Waals surface area contributed by atoms with Gasteiger partial charge in [-0.15, -0.1) is 0 Å². The van der Waals surface area contributed by atoms with Crippen LogP contribution in [-0.2, 0) is 0 Å². The highest BCUT2D eigenvalue weighted by molar-refractivity contribution is 9.10. The number of nitrogens with two attached hydrogens (primary N) is 1. The van der Waals surface area contributed by atoms with E-state index >= 15 is 0 Å². The van der Waals surface area contributed by atoms with E-state index in [4.69, 9.17) is 22.5 Å². The Balaban J connectivity index is 2.88. The number of oxime groups is 1. The van der Waals surface area contributed by atoms with Crippen LogP contribution in [0.3, 0.4) is 0 Å². The molecule has 0 saturated heterocycles. The van der Waals surface area contributed by atoms with Crippen molar-refractivity contribution in [2.24, 2.45) is 10.9 Å². The van der Waals surface area contributed by atoms with Gasteiger partial charge in [-0.3, -0.25) is 0 Å². The van der Waals surface area contributed by atoms with Crippen LogP contribution in [0.25, 0.3) is 0 Å². The Hall–Kier alpha value is -1.01. The third kappa shape index (κ3) is 4.03. The molecule has 4 nitrogen and oxygen atoms in total. The molecule has 0 amide bonds. The quantitative estimate of drug-likeness (QED) is 0.333. The van der Waals surface area contributed by atoms with E-state index in [9.17, 15) is 4.39 Å². The summed E-state index contributed by atoms with van der Waals surface area (Å²) < 4.78 is 13.6. The third-order valence-corrected chi connectivity index (χ3v) is 3.36. The highest BCUT2D eigenvalue weighted by atomic mass is 79.9. The van der Waals surface area contributed by atoms with Crippen molar-refractivity contribution in [2.45, 2.75) is 25.8 Å². The molecule has 100 valence electrons. The number of halogens is 3. The van der Waals surface area contributed by atoms with Gasteiger partial charge in [0.05, 0.1) is 10.7 Å². The van der Waals surface area contributed by atoms with Crippen molar-refractivity contribution < 1.29 is 9.60 Å². The molecular weight excluding hydrogens is 324 g/mol. The van der Waals surface area contributed by atoms with Gasteiger partial charge in [-0.1, -0.05) is 23.7 Å². The van der Waals surface area contributed by atoms with E-state index in [0.29, 0.717) is 16.6 Å². The summed E-state index contributed by atoms with van der Waals surface area (Å²) in [7, 11) is 0. The molecule has 0 bridgehead atoms. The fourth-order valence-corrected chi connectivity index (χ4v) is 2.40. The Bertz CT molecular complexity index is 433. The van der Waals surface area contributed by atoms with Gasteiger partial charge in [-0.25, -0.2) is 4.39 Å². The summed E-state index contributed by atoms with van der Waals surface area (Å²) in [4.78, 5) is 0. The van der Waals surface area contributed by atoms with E-state index < -0.39 is 5.82 Å². The molecular formula is C11H14BrClFN3O. The molecule has 0 heterocycles. The average molecular weight is 339 g/mol. The second-order valence-electron chi connectivity index (χ2n) is 3.79. The predicted molar refractivity (Wildman–Crippen MR) is 74.8 cm³/mol. The molecule has 0 aliphatic carbocycles. The van der Waals surface area contributed by atoms with E-state index in [0.717, 1.165) is 6.42 Å². The van der Waals surface area contributed by atoms with Gasteiger partial charge in [0.2, 0.25) is 0 Å². The Morgan fingerprint density at radius 1 is 1.67 bits per heavy atom. The highest BCUT2D eigenvalue weighted by Crippen LogP contribution is 2.32. The van der Waals surface area contributed by atoms with E-state index in [1.165, 1.54) is 12.1 Å². The summed E-state index contributed by atoms with van der Waals surface area (Å²) in [6.45, 7) is 1.95. The van der Waals surface area contributed by atoms with Crippen molar-refractivity contribution in [2.75, 3.05) is 5.32 Å². The van der Waals surface area contributed by atoms with Crippen LogP contribution in [0.1, 0.15) is 19.8 Å². The van der Waals surface area contributed by atoms with E-state index in [-0.39, 0.29) is 16.9 Å². The zero-order valence-corrected chi connectivity index (χ0v) is 12.1. The minimum atomic E-state index is -0.415. The van der Waals surface area contributed by atoms with Crippen molar-refractivity contribution in [3.05, 3.63) is 27.4 Å². The maximum absolute atomic E-state index is 13.1. The number of rotatable bonds is 5. The van der Waals surface area contributed by atoms with Crippen LogP contribution in [0.2, 0.25) is 5.02 Å². The lowest BCUT2D eigenvalue weighted by Crippen LogP contribution is -2.26. The SMILES string of the molecule is CCC(CC(N)=NO)Nc1c(Cl)cc(F)cc1Br. The van der Waals surface area contributed by atoms with Gasteiger partial charge < -0.3 is 16.3 Å². The van der Waals surface area contributed by atoms with Crippen molar-refractivity contribution in [3.63, 3.8) is 0 Å². The van der Waals surface area contributed by atoms with Gasteiger partial charge in [0.1, 0.15) is 11.7 Å². The Kier molecular flexibility index (Phi) is 5.68. The lowest BCUT2D eigenvalue weighted by atomic mass is 10.1. The molecule has 0 aliphatic heterocycles. The van der Waals surface area contributed by atoms with Gasteiger partial charge in [0.25, 0.3) is 0 Å². The molecule has 1 aromatic carbocycles. The number of amidine groups is 1. The van der Waals surface area contributed by atoms with Crippen LogP contribution in [0.5, 0.6) is 0 Å². The highest BCUT2D eigenvalue weighted by Gasteiger charge is 2.14. The Labute approximate surface area is 118 Å². The molecule has 1 aromatic rings. The van der Waals surface area contributed by atoms with Crippen LogP contribution >= 0.6 is 27.5 Å². The van der Waals surface area contributed by atoms with Gasteiger partial charge >= 0.3 is 0 Å². The van der Waals surface area contributed by atoms with Gasteiger partial charge in [0, 0.05) is 16.9 Å². The summed E-state index contributed by atoms with van der Waals surface area (Å²) in [6.07, 6.45) is 1.11. The first-order valence-corrected chi connectivity index (χ1v) is 6.52. The summed E-state index contributed by atoms with van der Waals surface area (Å²) in [6, 6.07) is 2.50. The molecule has 0 fully saturated rings. The lowest BCUT2D eigenvalue weighted by molar-refractivity contribution is 0.316. The average Bonchev–Trinajstić information content (AvgIpc) is 2.31. The second-order valence-corrected chi connectivity index (χ2v) is 5.05. The van der Waals surface area contributed by atoms with Crippen molar-refractivity contribution in [3.8, 4) is 0 Å². The first-order valence-electron chi connectivity index (χ1n) is 5.35. The minimum absolute atomic E-state index is 0.0554. The summed E-state index contributed by atoms with van der Waals surface area (Å²) in [5.74, 6) is -0.286. The molecule has 0 radical (unpaired) electrons. The Morgan fingerprint density at radius 2 is 2.33 bits per heavy atom. The van der Waals surface area contributed by atoms with Crippen LogP contribution in [0, 0.1) is 5.82 Å². The summed E-state index contributed by atoms with van der Waals surface area (Å²) in [5.41, 5.74) is 6.05. The molecule has 0 aromatic heterocycles. The maximum Gasteiger partial charge on any atom is 0.141 e. The van der Waals surface area contributed by atoms with Gasteiger partial charge in [-0.05, 0) is 34.5 Å². The largest absolute Gasteiger partial charge is 0.409 e. The van der Waals surface area contributed by atoms with Crippen LogP contribution < -0.4 is 11.1 Å². The third-order valence-electron chi connectivity index (χ3n) is 2.43. The molecule has 1 atom stereocenters. The van der Waals surface area contributed by atoms with E-state index in [2.05, 4.69) is 26.4 Å². The molecule has 0 aliphatic rings. The minimum Gasteiger partial charge on any atom is -0.409 e.